The molecule has 1 saturated carbocycles. The molecule has 5 aliphatic rings. The summed E-state index contributed by atoms with van der Waals surface area (Å²) < 4.78 is 0. The second kappa shape index (κ2) is 5.25. The Hall–Kier alpha value is -2.57. The van der Waals surface area contributed by atoms with Gasteiger partial charge in [0, 0.05) is 36.3 Å². The minimum atomic E-state index is -0.873. The fraction of sp³-hybridized carbons (Fsp3) is 0.480. The Morgan fingerprint density at radius 2 is 2.13 bits per heavy atom. The predicted octanol–water partition coefficient (Wildman–Crippen LogP) is 3.00. The molecule has 2 fully saturated rings. The lowest BCUT2D eigenvalue weighted by atomic mass is 9.48. The van der Waals surface area contributed by atoms with E-state index in [0.29, 0.717) is 12.2 Å². The maximum Gasteiger partial charge on any atom is 0.139 e. The Morgan fingerprint density at radius 3 is 3.00 bits per heavy atom. The lowest BCUT2D eigenvalue weighted by molar-refractivity contribution is -0.155. The number of aromatic hydroxyl groups is 1. The van der Waals surface area contributed by atoms with Gasteiger partial charge in [-0.1, -0.05) is 6.07 Å². The molecule has 31 heavy (non-hydrogen) atoms. The van der Waals surface area contributed by atoms with Gasteiger partial charge in [0.15, 0.2) is 0 Å². The van der Waals surface area contributed by atoms with Crippen LogP contribution in [0.3, 0.4) is 0 Å². The van der Waals surface area contributed by atoms with Crippen LogP contribution in [0.25, 0.3) is 11.0 Å². The van der Waals surface area contributed by atoms with Crippen LogP contribution in [0, 0.1) is 5.92 Å². The number of fused-ring (bicyclic) bond motifs is 4. The average Bonchev–Trinajstić information content (AvgIpc) is 3.40. The average molecular weight is 415 g/mol. The number of benzene rings is 1. The fourth-order valence-corrected chi connectivity index (χ4v) is 7.65. The first-order chi connectivity index (χ1) is 15.1. The maximum atomic E-state index is 12.7. The zero-order valence-electron chi connectivity index (χ0n) is 17.4. The van der Waals surface area contributed by atoms with Gasteiger partial charge in [-0.15, -0.1) is 0 Å². The number of rotatable bonds is 2. The quantitative estimate of drug-likeness (QED) is 0.485. The van der Waals surface area contributed by atoms with Gasteiger partial charge in [-0.05, 0) is 73.0 Å². The predicted molar refractivity (Wildman–Crippen MR) is 117 cm³/mol. The van der Waals surface area contributed by atoms with E-state index < -0.39 is 11.0 Å². The van der Waals surface area contributed by atoms with Gasteiger partial charge < -0.3 is 20.5 Å². The third-order valence-corrected chi connectivity index (χ3v) is 9.10. The van der Waals surface area contributed by atoms with Gasteiger partial charge >= 0.3 is 0 Å². The smallest absolute Gasteiger partial charge is 0.139 e. The summed E-state index contributed by atoms with van der Waals surface area (Å²) in [7, 11) is 0. The number of aromatic nitrogens is 2. The van der Waals surface area contributed by atoms with E-state index in [0.717, 1.165) is 54.3 Å². The van der Waals surface area contributed by atoms with E-state index in [4.69, 9.17) is 0 Å². The SMILES string of the molecule is Oc1ccc2c3c1N[C@H]1c4[nH]c5ncccc5c4C[C@@]4(O)C(C2)N(CC2CC2)CC[C@]314. The minimum absolute atomic E-state index is 0.0802. The molecule has 4 atom stereocenters. The number of aliphatic hydroxyl groups is 1. The van der Waals surface area contributed by atoms with Crippen molar-refractivity contribution in [3.8, 4) is 5.75 Å². The molecule has 0 radical (unpaired) electrons. The van der Waals surface area contributed by atoms with Crippen molar-refractivity contribution in [3.05, 3.63) is 52.8 Å². The highest BCUT2D eigenvalue weighted by molar-refractivity contribution is 5.85. The number of hydrogen-bond acceptors (Lipinski definition) is 5. The van der Waals surface area contributed by atoms with Crippen molar-refractivity contribution in [1.82, 2.24) is 14.9 Å². The van der Waals surface area contributed by atoms with Gasteiger partial charge in [-0.3, -0.25) is 4.90 Å². The van der Waals surface area contributed by atoms with E-state index >= 15 is 0 Å². The first-order valence-electron chi connectivity index (χ1n) is 11.6. The van der Waals surface area contributed by atoms with Gasteiger partial charge in [-0.2, -0.15) is 0 Å². The van der Waals surface area contributed by atoms with Crippen LogP contribution < -0.4 is 5.32 Å². The van der Waals surface area contributed by atoms with Gasteiger partial charge in [0.2, 0.25) is 0 Å². The molecule has 1 unspecified atom stereocenters. The Bertz CT molecular complexity index is 1280. The topological polar surface area (TPSA) is 84.4 Å². The lowest BCUT2D eigenvalue weighted by Crippen LogP contribution is -2.74. The number of hydrogen-bond donors (Lipinski definition) is 4. The van der Waals surface area contributed by atoms with Gasteiger partial charge in [0.05, 0.1) is 22.7 Å². The van der Waals surface area contributed by atoms with Crippen LogP contribution in [0.2, 0.25) is 0 Å². The summed E-state index contributed by atoms with van der Waals surface area (Å²) in [5.74, 6) is 1.09. The molecule has 1 aromatic carbocycles. The van der Waals surface area contributed by atoms with Gasteiger partial charge in [0.25, 0.3) is 0 Å². The second-order valence-electron chi connectivity index (χ2n) is 10.5. The number of likely N-dealkylation sites (tertiary alicyclic amines) is 1. The highest BCUT2D eigenvalue weighted by Crippen LogP contribution is 2.68. The highest BCUT2D eigenvalue weighted by atomic mass is 16.3. The molecular weight excluding hydrogens is 388 g/mol. The second-order valence-corrected chi connectivity index (χ2v) is 10.5. The monoisotopic (exact) mass is 414 g/mol. The molecule has 1 saturated heterocycles. The third-order valence-electron chi connectivity index (χ3n) is 9.10. The summed E-state index contributed by atoms with van der Waals surface area (Å²) in [6.45, 7) is 2.10. The molecule has 1 spiro atoms. The van der Waals surface area contributed by atoms with Crippen molar-refractivity contribution in [3.63, 3.8) is 0 Å². The van der Waals surface area contributed by atoms with E-state index in [2.05, 4.69) is 32.3 Å². The van der Waals surface area contributed by atoms with Crippen molar-refractivity contribution in [2.45, 2.75) is 55.2 Å². The van der Waals surface area contributed by atoms with Crippen LogP contribution in [0.4, 0.5) is 5.69 Å². The summed E-state index contributed by atoms with van der Waals surface area (Å²) in [4.78, 5) is 10.8. The van der Waals surface area contributed by atoms with Gasteiger partial charge in [0.1, 0.15) is 11.4 Å². The molecule has 6 heteroatoms. The Kier molecular flexibility index (Phi) is 2.88. The highest BCUT2D eigenvalue weighted by Gasteiger charge is 2.71. The van der Waals surface area contributed by atoms with Crippen molar-refractivity contribution in [2.24, 2.45) is 5.92 Å². The summed E-state index contributed by atoms with van der Waals surface area (Å²) in [5.41, 5.74) is 5.20. The number of anilines is 1. The van der Waals surface area contributed by atoms with E-state index in [-0.39, 0.29) is 12.1 Å². The summed E-state index contributed by atoms with van der Waals surface area (Å²) in [6, 6.07) is 8.04. The molecule has 4 N–H and O–H groups in total. The number of piperidine rings is 1. The lowest BCUT2D eigenvalue weighted by Gasteiger charge is -2.63. The van der Waals surface area contributed by atoms with E-state index in [9.17, 15) is 10.2 Å². The number of aromatic amines is 1. The first-order valence-corrected chi connectivity index (χ1v) is 11.6. The largest absolute Gasteiger partial charge is 0.506 e. The molecule has 158 valence electrons. The van der Waals surface area contributed by atoms with Crippen molar-refractivity contribution >= 4 is 16.7 Å². The Morgan fingerprint density at radius 1 is 1.23 bits per heavy atom. The van der Waals surface area contributed by atoms with Gasteiger partial charge in [-0.25, -0.2) is 4.98 Å². The van der Waals surface area contributed by atoms with Crippen LogP contribution in [-0.2, 0) is 18.3 Å². The fourth-order valence-electron chi connectivity index (χ4n) is 7.65. The first kappa shape index (κ1) is 17.0. The van der Waals surface area contributed by atoms with Crippen LogP contribution in [-0.4, -0.2) is 49.8 Å². The van der Waals surface area contributed by atoms with E-state index in [1.54, 1.807) is 0 Å². The van der Waals surface area contributed by atoms with E-state index in [1.807, 2.05) is 18.3 Å². The molecule has 3 aliphatic carbocycles. The molecule has 3 aromatic rings. The van der Waals surface area contributed by atoms with Crippen molar-refractivity contribution < 1.29 is 10.2 Å². The minimum Gasteiger partial charge on any atom is -0.506 e. The normalized spacial score (nSPS) is 35.0. The summed E-state index contributed by atoms with van der Waals surface area (Å²) in [6.07, 6.45) is 6.84. The van der Waals surface area contributed by atoms with E-state index in [1.165, 1.54) is 29.5 Å². The molecule has 2 aromatic heterocycles. The number of H-pyrrole nitrogens is 1. The third kappa shape index (κ3) is 1.83. The summed E-state index contributed by atoms with van der Waals surface area (Å²) >= 11 is 0. The zero-order chi connectivity index (χ0) is 20.5. The van der Waals surface area contributed by atoms with Crippen LogP contribution in [0.15, 0.2) is 30.5 Å². The standard InChI is InChI=1S/C25H26N4O2/c30-17-6-5-14-10-18-25(31)11-16-15-2-1-8-26-23(15)28-20(16)22-24(25,19(14)21(17)27-22)7-9-29(18)12-13-3-4-13/h1-2,5-6,8,13,18,22,27,30-31H,3-4,7,9-12H2,(H,26,28)/t18?,22-,24-,25+/m0/s1. The molecular formula is C25H26N4O2. The van der Waals surface area contributed by atoms with Crippen LogP contribution in [0.5, 0.6) is 5.75 Å². The molecule has 0 amide bonds. The molecule has 4 heterocycles. The summed E-state index contributed by atoms with van der Waals surface area (Å²) in [5, 5.41) is 28.3. The van der Waals surface area contributed by atoms with Crippen LogP contribution in [0.1, 0.15) is 47.7 Å². The molecule has 2 aliphatic heterocycles. The number of nitrogens with one attached hydrogen (secondary N) is 2. The van der Waals surface area contributed by atoms with Crippen molar-refractivity contribution in [1.29, 1.82) is 0 Å². The van der Waals surface area contributed by atoms with Crippen molar-refractivity contribution in [2.75, 3.05) is 18.4 Å². The number of phenols is 1. The molecule has 6 nitrogen and oxygen atoms in total. The maximum absolute atomic E-state index is 12.7. The number of nitrogens with zero attached hydrogens (tertiary/aromatic N) is 2. The Labute approximate surface area is 180 Å². The zero-order valence-corrected chi connectivity index (χ0v) is 17.4. The molecule has 2 bridgehead atoms. The molecule has 8 rings (SSSR count). The Balaban J connectivity index is 1.43. The number of phenolic OH excluding ortho intramolecular Hbond substituents is 1. The van der Waals surface area contributed by atoms with Crippen LogP contribution >= 0.6 is 0 Å². The number of pyridine rings is 1.